The van der Waals surface area contributed by atoms with E-state index < -0.39 is 34.9 Å². The van der Waals surface area contributed by atoms with Gasteiger partial charge < -0.3 is 9.84 Å². The second kappa shape index (κ2) is 10.9. The monoisotopic (exact) mass is 502 g/mol. The SMILES string of the molecule is N#Cc1ccc(COc2ccc(C#Cc3ccc(C(F)(F)[C@@H](O)c4ccc(F)cc4F)nc3)cc2)cc1. The highest BCUT2D eigenvalue weighted by Gasteiger charge is 2.44. The Hall–Kier alpha value is -4.66. The lowest BCUT2D eigenvalue weighted by atomic mass is 9.99. The van der Waals surface area contributed by atoms with E-state index in [2.05, 4.69) is 22.9 Å². The van der Waals surface area contributed by atoms with Gasteiger partial charge in [0.05, 0.1) is 11.6 Å². The Morgan fingerprint density at radius 3 is 2.14 bits per heavy atom. The van der Waals surface area contributed by atoms with Crippen LogP contribution in [0, 0.1) is 34.8 Å². The molecule has 0 radical (unpaired) electrons. The number of aromatic nitrogens is 1. The molecule has 0 saturated heterocycles. The van der Waals surface area contributed by atoms with Crippen molar-refractivity contribution >= 4 is 0 Å². The third kappa shape index (κ3) is 6.13. The first-order valence-corrected chi connectivity index (χ1v) is 11.0. The van der Waals surface area contributed by atoms with Crippen LogP contribution in [0.25, 0.3) is 0 Å². The van der Waals surface area contributed by atoms with Crippen LogP contribution in [0.5, 0.6) is 5.75 Å². The molecule has 0 aliphatic rings. The first kappa shape index (κ1) is 25.4. The van der Waals surface area contributed by atoms with Crippen molar-refractivity contribution in [1.29, 1.82) is 5.26 Å². The number of rotatable bonds is 6. The molecule has 4 nitrogen and oxygen atoms in total. The van der Waals surface area contributed by atoms with Crippen molar-refractivity contribution in [3.8, 4) is 23.7 Å². The molecule has 4 rings (SSSR count). The van der Waals surface area contributed by atoms with E-state index in [1.165, 1.54) is 6.07 Å². The molecule has 0 saturated carbocycles. The van der Waals surface area contributed by atoms with Gasteiger partial charge in [-0.25, -0.2) is 8.78 Å². The van der Waals surface area contributed by atoms with Crippen molar-refractivity contribution in [3.05, 3.63) is 130 Å². The van der Waals surface area contributed by atoms with Crippen LogP contribution in [-0.4, -0.2) is 10.1 Å². The fourth-order valence-corrected chi connectivity index (χ4v) is 3.34. The number of alkyl halides is 2. The van der Waals surface area contributed by atoms with Crippen LogP contribution >= 0.6 is 0 Å². The van der Waals surface area contributed by atoms with Gasteiger partial charge in [-0.3, -0.25) is 4.98 Å². The predicted molar refractivity (Wildman–Crippen MR) is 127 cm³/mol. The molecule has 1 N–H and O–H groups in total. The lowest BCUT2D eigenvalue weighted by molar-refractivity contribution is -0.122. The average molecular weight is 502 g/mol. The summed E-state index contributed by atoms with van der Waals surface area (Å²) >= 11 is 0. The molecule has 3 aromatic carbocycles. The number of ether oxygens (including phenoxy) is 1. The van der Waals surface area contributed by atoms with Crippen LogP contribution in [0.1, 0.15) is 39.6 Å². The molecule has 1 aromatic heterocycles. The average Bonchev–Trinajstić information content (AvgIpc) is 2.91. The Bertz CT molecular complexity index is 1490. The zero-order chi connectivity index (χ0) is 26.4. The summed E-state index contributed by atoms with van der Waals surface area (Å²) in [5.41, 5.74) is 0.979. The third-order valence-corrected chi connectivity index (χ3v) is 5.40. The van der Waals surface area contributed by atoms with Gasteiger partial charge in [0.25, 0.3) is 0 Å². The molecule has 0 aliphatic carbocycles. The lowest BCUT2D eigenvalue weighted by Crippen LogP contribution is -2.26. The van der Waals surface area contributed by atoms with Gasteiger partial charge in [0.15, 0.2) is 6.10 Å². The summed E-state index contributed by atoms with van der Waals surface area (Å²) in [5, 5.41) is 18.9. The van der Waals surface area contributed by atoms with Crippen LogP contribution in [0.2, 0.25) is 0 Å². The van der Waals surface area contributed by atoms with E-state index in [0.29, 0.717) is 35.1 Å². The number of nitrogens with zero attached hydrogens (tertiary/aromatic N) is 2. The lowest BCUT2D eigenvalue weighted by Gasteiger charge is -2.22. The summed E-state index contributed by atoms with van der Waals surface area (Å²) in [6.07, 6.45) is -1.42. The zero-order valence-electron chi connectivity index (χ0n) is 19.1. The zero-order valence-corrected chi connectivity index (χ0v) is 19.1. The van der Waals surface area contributed by atoms with Crippen molar-refractivity contribution in [1.82, 2.24) is 4.98 Å². The highest BCUT2D eigenvalue weighted by molar-refractivity contribution is 5.44. The number of hydrogen-bond acceptors (Lipinski definition) is 4. The fraction of sp³-hybridized carbons (Fsp3) is 0.103. The minimum absolute atomic E-state index is 0.335. The summed E-state index contributed by atoms with van der Waals surface area (Å²) in [4.78, 5) is 3.69. The number of benzene rings is 3. The Kier molecular flexibility index (Phi) is 7.52. The molecule has 0 bridgehead atoms. The van der Waals surface area contributed by atoms with Crippen LogP contribution in [-0.2, 0) is 12.5 Å². The number of halogens is 4. The first-order valence-electron chi connectivity index (χ1n) is 11.0. The number of aliphatic hydroxyl groups is 1. The summed E-state index contributed by atoms with van der Waals surface area (Å²) in [7, 11) is 0. The maximum absolute atomic E-state index is 14.7. The Morgan fingerprint density at radius 2 is 1.51 bits per heavy atom. The molecule has 0 fully saturated rings. The van der Waals surface area contributed by atoms with E-state index in [0.717, 1.165) is 30.0 Å². The smallest absolute Gasteiger partial charge is 0.319 e. The van der Waals surface area contributed by atoms with E-state index in [1.54, 1.807) is 36.4 Å². The maximum atomic E-state index is 14.7. The van der Waals surface area contributed by atoms with Crippen molar-refractivity contribution in [2.24, 2.45) is 0 Å². The highest BCUT2D eigenvalue weighted by Crippen LogP contribution is 2.40. The van der Waals surface area contributed by atoms with Crippen molar-refractivity contribution in [2.45, 2.75) is 18.6 Å². The topological polar surface area (TPSA) is 66.1 Å². The van der Waals surface area contributed by atoms with Crippen LogP contribution in [0.3, 0.4) is 0 Å². The number of hydrogen-bond donors (Lipinski definition) is 1. The van der Waals surface area contributed by atoms with Crippen molar-refractivity contribution in [2.75, 3.05) is 0 Å². The van der Waals surface area contributed by atoms with E-state index in [-0.39, 0.29) is 0 Å². The molecule has 1 atom stereocenters. The molecular weight excluding hydrogens is 484 g/mol. The summed E-state index contributed by atoms with van der Waals surface area (Å²) in [6, 6.07) is 20.4. The standard InChI is InChI=1S/C29H18F4N2O2/c30-23-10-13-25(26(31)15-23)28(36)29(32,33)27-14-9-21(17-35-27)4-1-19-7-11-24(12-8-19)37-18-22-5-2-20(16-34)3-6-22/h2-3,5-15,17,28,36H,18H2/t28-/m0/s1. The van der Waals surface area contributed by atoms with Gasteiger partial charge >= 0.3 is 5.92 Å². The quantitative estimate of drug-likeness (QED) is 0.258. The minimum atomic E-state index is -3.92. The van der Waals surface area contributed by atoms with Crippen molar-refractivity contribution < 1.29 is 27.4 Å². The van der Waals surface area contributed by atoms with Crippen LogP contribution < -0.4 is 4.74 Å². The fourth-order valence-electron chi connectivity index (χ4n) is 3.34. The predicted octanol–water partition coefficient (Wildman–Crippen LogP) is 6.04. The first-order chi connectivity index (χ1) is 17.8. The largest absolute Gasteiger partial charge is 0.489 e. The second-order valence-electron chi connectivity index (χ2n) is 8.00. The molecule has 184 valence electrons. The van der Waals surface area contributed by atoms with E-state index in [1.807, 2.05) is 12.1 Å². The van der Waals surface area contributed by atoms with Gasteiger partial charge in [-0.2, -0.15) is 14.0 Å². The number of aliphatic hydroxyl groups excluding tert-OH is 1. The van der Waals surface area contributed by atoms with Gasteiger partial charge in [-0.15, -0.1) is 0 Å². The normalized spacial score (nSPS) is 11.7. The number of pyridine rings is 1. The summed E-state index contributed by atoms with van der Waals surface area (Å²) < 4.78 is 62.0. The summed E-state index contributed by atoms with van der Waals surface area (Å²) in [6.45, 7) is 0.335. The molecule has 8 heteroatoms. The van der Waals surface area contributed by atoms with E-state index in [4.69, 9.17) is 10.00 Å². The van der Waals surface area contributed by atoms with Crippen molar-refractivity contribution in [3.63, 3.8) is 0 Å². The molecule has 0 unspecified atom stereocenters. The third-order valence-electron chi connectivity index (χ3n) is 5.40. The molecule has 0 aliphatic heterocycles. The molecule has 4 aromatic rings. The van der Waals surface area contributed by atoms with Gasteiger partial charge in [-0.1, -0.05) is 30.0 Å². The number of nitriles is 1. The maximum Gasteiger partial charge on any atom is 0.319 e. The van der Waals surface area contributed by atoms with E-state index >= 15 is 0 Å². The van der Waals surface area contributed by atoms with Crippen LogP contribution in [0.15, 0.2) is 85.1 Å². The van der Waals surface area contributed by atoms with Gasteiger partial charge in [0.1, 0.15) is 29.7 Å². The molecule has 0 amide bonds. The Labute approximate surface area is 210 Å². The summed E-state index contributed by atoms with van der Waals surface area (Å²) in [5.74, 6) is 0.198. The minimum Gasteiger partial charge on any atom is -0.489 e. The van der Waals surface area contributed by atoms with Gasteiger partial charge in [0, 0.05) is 29.0 Å². The van der Waals surface area contributed by atoms with Gasteiger partial charge in [0.2, 0.25) is 0 Å². The van der Waals surface area contributed by atoms with Gasteiger partial charge in [-0.05, 0) is 60.2 Å². The molecule has 0 spiro atoms. The van der Waals surface area contributed by atoms with E-state index in [9.17, 15) is 22.7 Å². The molecule has 1 heterocycles. The molecular formula is C29H18F4N2O2. The second-order valence-corrected chi connectivity index (χ2v) is 8.00. The highest BCUT2D eigenvalue weighted by atomic mass is 19.3. The Morgan fingerprint density at radius 1 is 0.865 bits per heavy atom. The van der Waals surface area contributed by atoms with Crippen LogP contribution in [0.4, 0.5) is 17.6 Å². The molecule has 37 heavy (non-hydrogen) atoms. The Balaban J connectivity index is 1.39.